The lowest BCUT2D eigenvalue weighted by molar-refractivity contribution is -0.140. The number of ether oxygens (including phenoxy) is 2. The van der Waals surface area contributed by atoms with Gasteiger partial charge in [-0.15, -0.1) is 0 Å². The maximum Gasteiger partial charge on any atom is 0.354 e. The van der Waals surface area contributed by atoms with Crippen molar-refractivity contribution in [3.8, 4) is 0 Å². The third kappa shape index (κ3) is 5.44. The van der Waals surface area contributed by atoms with Crippen LogP contribution >= 0.6 is 15.9 Å². The Hall–Kier alpha value is -1.96. The average Bonchev–Trinajstić information content (AvgIpc) is 2.53. The van der Waals surface area contributed by atoms with E-state index < -0.39 is 11.8 Å². The molecule has 8 heteroatoms. The molecular formula is C14H16BrFN2O4. The summed E-state index contributed by atoms with van der Waals surface area (Å²) < 4.78 is 22.7. The zero-order chi connectivity index (χ0) is 16.5. The topological polar surface area (TPSA) is 77.0 Å². The molecule has 0 unspecified atom stereocenters. The predicted molar refractivity (Wildman–Crippen MR) is 83.0 cm³/mol. The van der Waals surface area contributed by atoms with Crippen LogP contribution in [0.1, 0.15) is 19.3 Å². The van der Waals surface area contributed by atoms with Gasteiger partial charge in [-0.3, -0.25) is 10.2 Å². The smallest absolute Gasteiger partial charge is 0.354 e. The van der Waals surface area contributed by atoms with Crippen LogP contribution in [-0.2, 0) is 19.1 Å². The van der Waals surface area contributed by atoms with Crippen LogP contribution in [0.15, 0.2) is 27.8 Å². The summed E-state index contributed by atoms with van der Waals surface area (Å²) in [5.41, 5.74) is 3.07. The molecule has 0 saturated carbocycles. The number of rotatable bonds is 7. The fourth-order valence-corrected chi connectivity index (χ4v) is 1.89. The van der Waals surface area contributed by atoms with Gasteiger partial charge in [0.05, 0.1) is 24.4 Å². The Kier molecular flexibility index (Phi) is 7.51. The fourth-order valence-electron chi connectivity index (χ4n) is 1.54. The van der Waals surface area contributed by atoms with Gasteiger partial charge in [0.2, 0.25) is 0 Å². The number of nitrogens with one attached hydrogen (secondary N) is 1. The van der Waals surface area contributed by atoms with Gasteiger partial charge in [0.1, 0.15) is 11.5 Å². The van der Waals surface area contributed by atoms with E-state index in [0.29, 0.717) is 12.1 Å². The summed E-state index contributed by atoms with van der Waals surface area (Å²) in [5.74, 6) is -1.44. The maximum atomic E-state index is 13.4. The molecule has 0 aliphatic rings. The van der Waals surface area contributed by atoms with Gasteiger partial charge in [0, 0.05) is 6.42 Å². The number of hydrogen-bond donors (Lipinski definition) is 1. The molecule has 0 radical (unpaired) electrons. The van der Waals surface area contributed by atoms with Crippen LogP contribution in [0.4, 0.5) is 10.1 Å². The molecule has 0 bridgehead atoms. The van der Waals surface area contributed by atoms with Crippen molar-refractivity contribution < 1.29 is 23.5 Å². The van der Waals surface area contributed by atoms with E-state index >= 15 is 0 Å². The first-order valence-electron chi connectivity index (χ1n) is 6.41. The van der Waals surface area contributed by atoms with Gasteiger partial charge in [0.25, 0.3) is 0 Å². The molecule has 0 heterocycles. The van der Waals surface area contributed by atoms with Crippen molar-refractivity contribution >= 4 is 39.3 Å². The number of methoxy groups -OCH3 is 2. The van der Waals surface area contributed by atoms with Crippen molar-refractivity contribution in [2.45, 2.75) is 19.3 Å². The lowest BCUT2D eigenvalue weighted by atomic mass is 10.1. The first kappa shape index (κ1) is 18.1. The normalized spacial score (nSPS) is 11.0. The molecule has 0 aliphatic heterocycles. The second-order valence-corrected chi connectivity index (χ2v) is 4.99. The summed E-state index contributed by atoms with van der Waals surface area (Å²) >= 11 is 3.08. The van der Waals surface area contributed by atoms with Gasteiger partial charge in [-0.25, -0.2) is 9.18 Å². The van der Waals surface area contributed by atoms with E-state index in [0.717, 1.165) is 0 Å². The van der Waals surface area contributed by atoms with Crippen molar-refractivity contribution in [1.29, 1.82) is 0 Å². The number of benzene rings is 1. The van der Waals surface area contributed by atoms with Crippen molar-refractivity contribution in [2.24, 2.45) is 5.10 Å². The van der Waals surface area contributed by atoms with Crippen LogP contribution < -0.4 is 5.43 Å². The number of hydrogen-bond acceptors (Lipinski definition) is 6. The van der Waals surface area contributed by atoms with Gasteiger partial charge in [-0.1, -0.05) is 6.07 Å². The highest BCUT2D eigenvalue weighted by Crippen LogP contribution is 2.25. The maximum absolute atomic E-state index is 13.4. The molecule has 1 rings (SSSR count). The van der Waals surface area contributed by atoms with E-state index in [2.05, 4.69) is 35.9 Å². The molecule has 0 spiro atoms. The van der Waals surface area contributed by atoms with Gasteiger partial charge in [-0.2, -0.15) is 5.10 Å². The average molecular weight is 375 g/mol. The standard InChI is InChI=1S/C14H16BrFN2O4/c1-21-12(19)8-4-7-11(14(20)22-2)18-17-10-6-3-5-9(16)13(10)15/h3,5-6,17H,4,7-8H2,1-2H3. The largest absolute Gasteiger partial charge is 0.469 e. The van der Waals surface area contributed by atoms with Crippen molar-refractivity contribution in [2.75, 3.05) is 19.6 Å². The molecule has 0 amide bonds. The number of carbonyl (C=O) groups is 2. The van der Waals surface area contributed by atoms with Crippen LogP contribution in [0, 0.1) is 5.82 Å². The molecular weight excluding hydrogens is 359 g/mol. The molecule has 0 atom stereocenters. The molecule has 1 aromatic carbocycles. The molecule has 6 nitrogen and oxygen atoms in total. The third-order valence-electron chi connectivity index (χ3n) is 2.71. The minimum absolute atomic E-state index is 0.0996. The van der Waals surface area contributed by atoms with Crippen molar-refractivity contribution in [3.63, 3.8) is 0 Å². The summed E-state index contributed by atoms with van der Waals surface area (Å²) in [4.78, 5) is 22.7. The second-order valence-electron chi connectivity index (χ2n) is 4.19. The summed E-state index contributed by atoms with van der Waals surface area (Å²) in [6.07, 6.45) is 0.768. The minimum Gasteiger partial charge on any atom is -0.469 e. The summed E-state index contributed by atoms with van der Waals surface area (Å²) in [6, 6.07) is 4.39. The highest BCUT2D eigenvalue weighted by molar-refractivity contribution is 9.10. The quantitative estimate of drug-likeness (QED) is 0.451. The zero-order valence-corrected chi connectivity index (χ0v) is 13.8. The number of anilines is 1. The Balaban J connectivity index is 2.76. The first-order valence-corrected chi connectivity index (χ1v) is 7.20. The molecule has 1 aromatic rings. The Morgan fingerprint density at radius 2 is 2.00 bits per heavy atom. The van der Waals surface area contributed by atoms with E-state index in [9.17, 15) is 14.0 Å². The molecule has 0 fully saturated rings. The van der Waals surface area contributed by atoms with E-state index in [-0.39, 0.29) is 29.0 Å². The van der Waals surface area contributed by atoms with E-state index in [4.69, 9.17) is 0 Å². The van der Waals surface area contributed by atoms with Crippen LogP contribution in [0.5, 0.6) is 0 Å². The molecule has 1 N–H and O–H groups in total. The summed E-state index contributed by atoms with van der Waals surface area (Å²) in [6.45, 7) is 0. The monoisotopic (exact) mass is 374 g/mol. The fraction of sp³-hybridized carbons (Fsp3) is 0.357. The van der Waals surface area contributed by atoms with Gasteiger partial charge >= 0.3 is 11.9 Å². The Labute approximate surface area is 135 Å². The SMILES string of the molecule is COC(=O)CCCC(=NNc1cccc(F)c1Br)C(=O)OC. The number of nitrogens with zero attached hydrogens (tertiary/aromatic N) is 1. The number of esters is 2. The zero-order valence-electron chi connectivity index (χ0n) is 12.2. The van der Waals surface area contributed by atoms with Crippen LogP contribution in [0.25, 0.3) is 0 Å². The third-order valence-corrected chi connectivity index (χ3v) is 3.51. The first-order chi connectivity index (χ1) is 10.5. The van der Waals surface area contributed by atoms with Crippen LogP contribution in [0.3, 0.4) is 0 Å². The van der Waals surface area contributed by atoms with Crippen LogP contribution in [-0.4, -0.2) is 31.9 Å². The minimum atomic E-state index is -0.620. The Morgan fingerprint density at radius 3 is 2.64 bits per heavy atom. The van der Waals surface area contributed by atoms with Crippen molar-refractivity contribution in [1.82, 2.24) is 0 Å². The van der Waals surface area contributed by atoms with Crippen molar-refractivity contribution in [3.05, 3.63) is 28.5 Å². The van der Waals surface area contributed by atoms with E-state index in [1.165, 1.54) is 26.4 Å². The molecule has 120 valence electrons. The Bertz CT molecular complexity index is 578. The summed E-state index contributed by atoms with van der Waals surface area (Å²) in [5, 5.41) is 3.93. The van der Waals surface area contributed by atoms with E-state index in [1.54, 1.807) is 6.07 Å². The van der Waals surface area contributed by atoms with Gasteiger partial charge < -0.3 is 9.47 Å². The number of hydrazone groups is 1. The lowest BCUT2D eigenvalue weighted by Crippen LogP contribution is -2.18. The highest BCUT2D eigenvalue weighted by atomic mass is 79.9. The number of carbonyl (C=O) groups excluding carboxylic acids is 2. The Morgan fingerprint density at radius 1 is 1.27 bits per heavy atom. The molecule has 22 heavy (non-hydrogen) atoms. The summed E-state index contributed by atoms with van der Waals surface area (Å²) in [7, 11) is 2.52. The molecule has 0 saturated heterocycles. The predicted octanol–water partition coefficient (Wildman–Crippen LogP) is 2.87. The highest BCUT2D eigenvalue weighted by Gasteiger charge is 2.13. The lowest BCUT2D eigenvalue weighted by Gasteiger charge is -2.07. The van der Waals surface area contributed by atoms with E-state index in [1.807, 2.05) is 0 Å². The number of halogens is 2. The van der Waals surface area contributed by atoms with Gasteiger partial charge in [-0.05, 0) is 40.9 Å². The second kappa shape index (κ2) is 9.14. The van der Waals surface area contributed by atoms with Crippen LogP contribution in [0.2, 0.25) is 0 Å². The molecule has 0 aromatic heterocycles. The molecule has 0 aliphatic carbocycles. The van der Waals surface area contributed by atoms with Gasteiger partial charge in [0.15, 0.2) is 0 Å².